The number of rotatable bonds is 10. The summed E-state index contributed by atoms with van der Waals surface area (Å²) in [7, 11) is 0. The van der Waals surface area contributed by atoms with Crippen molar-refractivity contribution in [2.24, 2.45) is 5.92 Å². The molecule has 1 N–H and O–H groups in total. The lowest BCUT2D eigenvalue weighted by molar-refractivity contribution is 0.127. The van der Waals surface area contributed by atoms with Crippen molar-refractivity contribution in [3.8, 4) is 0 Å². The maximum absolute atomic E-state index is 5.85. The quantitative estimate of drug-likeness (QED) is 0.621. The van der Waals surface area contributed by atoms with Gasteiger partial charge in [0, 0.05) is 25.6 Å². The number of ether oxygens (including phenoxy) is 2. The molecule has 2 aliphatic carbocycles. The lowest BCUT2D eigenvalue weighted by Gasteiger charge is -2.11. The van der Waals surface area contributed by atoms with E-state index in [0.717, 1.165) is 50.9 Å². The fraction of sp³-hybridized carbons (Fsp3) is 0.778. The van der Waals surface area contributed by atoms with Gasteiger partial charge in [-0.1, -0.05) is 25.5 Å². The van der Waals surface area contributed by atoms with Crippen LogP contribution in [0.15, 0.2) is 23.5 Å². The predicted molar refractivity (Wildman–Crippen MR) is 87.3 cm³/mol. The zero-order chi connectivity index (χ0) is 14.9. The van der Waals surface area contributed by atoms with Crippen LogP contribution in [0.5, 0.6) is 0 Å². The molecule has 0 aromatic heterocycles. The molecule has 2 rings (SSSR count). The Hall–Kier alpha value is -0.800. The van der Waals surface area contributed by atoms with Crippen LogP contribution in [-0.4, -0.2) is 32.4 Å². The molecule has 2 aliphatic rings. The second-order valence-electron chi connectivity index (χ2n) is 6.54. The minimum absolute atomic E-state index is 0.527. The average molecular weight is 293 g/mol. The molecule has 0 atom stereocenters. The van der Waals surface area contributed by atoms with Crippen molar-refractivity contribution in [1.82, 2.24) is 5.32 Å². The molecule has 0 saturated heterocycles. The van der Waals surface area contributed by atoms with Crippen molar-refractivity contribution in [3.05, 3.63) is 23.5 Å². The van der Waals surface area contributed by atoms with Crippen LogP contribution in [0, 0.1) is 5.92 Å². The Labute approximate surface area is 129 Å². The highest BCUT2D eigenvalue weighted by Crippen LogP contribution is 2.29. The van der Waals surface area contributed by atoms with Crippen LogP contribution in [0.25, 0.3) is 0 Å². The Balaban J connectivity index is 1.61. The van der Waals surface area contributed by atoms with Crippen molar-refractivity contribution in [2.45, 2.75) is 58.4 Å². The molecule has 0 spiro atoms. The van der Waals surface area contributed by atoms with Gasteiger partial charge in [-0.15, -0.1) is 0 Å². The van der Waals surface area contributed by atoms with E-state index < -0.39 is 0 Å². The van der Waals surface area contributed by atoms with Crippen molar-refractivity contribution >= 4 is 0 Å². The van der Waals surface area contributed by atoms with Crippen LogP contribution in [0.4, 0.5) is 0 Å². The first-order chi connectivity index (χ1) is 10.2. The first-order valence-electron chi connectivity index (χ1n) is 8.56. The van der Waals surface area contributed by atoms with Gasteiger partial charge in [0.05, 0.1) is 12.4 Å². The zero-order valence-electron chi connectivity index (χ0n) is 13.7. The SMILES string of the molecule is CC(C)NCCOC1=CC=C(CCOCC2CC2)CCC1. The normalized spacial score (nSPS) is 19.2. The molecular weight excluding hydrogens is 262 g/mol. The summed E-state index contributed by atoms with van der Waals surface area (Å²) in [6, 6.07) is 0.527. The van der Waals surface area contributed by atoms with Gasteiger partial charge < -0.3 is 14.8 Å². The van der Waals surface area contributed by atoms with Gasteiger partial charge >= 0.3 is 0 Å². The molecule has 0 unspecified atom stereocenters. The van der Waals surface area contributed by atoms with Crippen LogP contribution in [0.3, 0.4) is 0 Å². The fourth-order valence-corrected chi connectivity index (χ4v) is 2.46. The second kappa shape index (κ2) is 9.26. The molecule has 21 heavy (non-hydrogen) atoms. The monoisotopic (exact) mass is 293 g/mol. The van der Waals surface area contributed by atoms with Gasteiger partial charge in [-0.05, 0) is 44.1 Å². The van der Waals surface area contributed by atoms with Gasteiger partial charge in [-0.2, -0.15) is 0 Å². The van der Waals surface area contributed by atoms with Crippen LogP contribution >= 0.6 is 0 Å². The third kappa shape index (κ3) is 7.68. The summed E-state index contributed by atoms with van der Waals surface area (Å²) in [6.45, 7) is 7.85. The lowest BCUT2D eigenvalue weighted by atomic mass is 10.1. The van der Waals surface area contributed by atoms with Crippen molar-refractivity contribution in [3.63, 3.8) is 0 Å². The highest BCUT2D eigenvalue weighted by Gasteiger charge is 2.20. The number of hydrogen-bond acceptors (Lipinski definition) is 3. The van der Waals surface area contributed by atoms with Gasteiger partial charge in [0.1, 0.15) is 6.61 Å². The Morgan fingerprint density at radius 3 is 2.81 bits per heavy atom. The molecule has 0 aliphatic heterocycles. The summed E-state index contributed by atoms with van der Waals surface area (Å²) < 4.78 is 11.6. The van der Waals surface area contributed by atoms with Crippen molar-refractivity contribution < 1.29 is 9.47 Å². The van der Waals surface area contributed by atoms with E-state index in [0.29, 0.717) is 6.04 Å². The number of nitrogens with one attached hydrogen (secondary N) is 1. The van der Waals surface area contributed by atoms with E-state index in [2.05, 4.69) is 31.3 Å². The van der Waals surface area contributed by atoms with E-state index in [9.17, 15) is 0 Å². The number of allylic oxidation sites excluding steroid dienone is 3. The second-order valence-corrected chi connectivity index (χ2v) is 6.54. The molecule has 0 amide bonds. The summed E-state index contributed by atoms with van der Waals surface area (Å²) in [5.74, 6) is 2.00. The molecule has 3 nitrogen and oxygen atoms in total. The Morgan fingerprint density at radius 2 is 2.05 bits per heavy atom. The van der Waals surface area contributed by atoms with Gasteiger partial charge in [-0.3, -0.25) is 0 Å². The summed E-state index contributed by atoms with van der Waals surface area (Å²) in [6.07, 6.45) is 11.7. The molecule has 0 aromatic rings. The molecule has 0 aromatic carbocycles. The van der Waals surface area contributed by atoms with E-state index in [1.165, 1.54) is 31.3 Å². The van der Waals surface area contributed by atoms with Crippen LogP contribution in [0.2, 0.25) is 0 Å². The zero-order valence-corrected chi connectivity index (χ0v) is 13.7. The largest absolute Gasteiger partial charge is 0.497 e. The van der Waals surface area contributed by atoms with E-state index in [4.69, 9.17) is 9.47 Å². The molecule has 120 valence electrons. The molecule has 1 saturated carbocycles. The van der Waals surface area contributed by atoms with Crippen molar-refractivity contribution in [1.29, 1.82) is 0 Å². The standard InChI is InChI=1S/C18H31NO2/c1-15(2)19-11-13-21-18-5-3-4-16(8-9-18)10-12-20-14-17-6-7-17/h8-9,15,17,19H,3-7,10-14H2,1-2H3. The minimum Gasteiger partial charge on any atom is -0.497 e. The summed E-state index contributed by atoms with van der Waals surface area (Å²) in [4.78, 5) is 0. The molecule has 0 radical (unpaired) electrons. The number of hydrogen-bond donors (Lipinski definition) is 1. The van der Waals surface area contributed by atoms with E-state index in [1.807, 2.05) is 0 Å². The summed E-state index contributed by atoms with van der Waals surface area (Å²) >= 11 is 0. The Bertz CT molecular complexity index is 330. The third-order valence-corrected chi connectivity index (χ3v) is 3.99. The predicted octanol–water partition coefficient (Wildman–Crippen LogP) is 3.81. The molecule has 1 fully saturated rings. The molecule has 0 heterocycles. The van der Waals surface area contributed by atoms with Gasteiger partial charge in [0.15, 0.2) is 0 Å². The van der Waals surface area contributed by atoms with Crippen LogP contribution < -0.4 is 5.32 Å². The topological polar surface area (TPSA) is 30.5 Å². The van der Waals surface area contributed by atoms with Crippen LogP contribution in [0.1, 0.15) is 52.4 Å². The first-order valence-corrected chi connectivity index (χ1v) is 8.56. The molecular formula is C18H31NO2. The highest BCUT2D eigenvalue weighted by molar-refractivity contribution is 5.18. The van der Waals surface area contributed by atoms with Crippen molar-refractivity contribution in [2.75, 3.05) is 26.4 Å². The minimum atomic E-state index is 0.527. The first kappa shape index (κ1) is 16.6. The summed E-state index contributed by atoms with van der Waals surface area (Å²) in [5.41, 5.74) is 1.50. The molecule has 3 heteroatoms. The van der Waals surface area contributed by atoms with Gasteiger partial charge in [0.2, 0.25) is 0 Å². The molecule has 0 bridgehead atoms. The highest BCUT2D eigenvalue weighted by atomic mass is 16.5. The fourth-order valence-electron chi connectivity index (χ4n) is 2.46. The maximum atomic E-state index is 5.85. The maximum Gasteiger partial charge on any atom is 0.100 e. The summed E-state index contributed by atoms with van der Waals surface area (Å²) in [5, 5.41) is 3.37. The van der Waals surface area contributed by atoms with E-state index in [-0.39, 0.29) is 0 Å². The van der Waals surface area contributed by atoms with E-state index in [1.54, 1.807) is 0 Å². The Kier molecular flexibility index (Phi) is 7.31. The Morgan fingerprint density at radius 1 is 1.19 bits per heavy atom. The van der Waals surface area contributed by atoms with Gasteiger partial charge in [0.25, 0.3) is 0 Å². The third-order valence-electron chi connectivity index (χ3n) is 3.99. The van der Waals surface area contributed by atoms with Crippen LogP contribution in [-0.2, 0) is 9.47 Å². The van der Waals surface area contributed by atoms with Gasteiger partial charge in [-0.25, -0.2) is 0 Å². The average Bonchev–Trinajstić information content (AvgIpc) is 3.27. The van der Waals surface area contributed by atoms with E-state index >= 15 is 0 Å². The smallest absolute Gasteiger partial charge is 0.100 e. The lowest BCUT2D eigenvalue weighted by Crippen LogP contribution is -2.26.